The number of aromatic nitrogens is 7. The average Bonchev–Trinajstić information content (AvgIpc) is 3.13. The molecule has 86 heavy (non-hydrogen) atoms. The zero-order chi connectivity index (χ0) is 56.9. The van der Waals surface area contributed by atoms with E-state index in [1.165, 1.54) is 5.56 Å². The molecule has 443 valence electrons. The fraction of sp³-hybridized carbons (Fsp3) is 0.262. The first-order valence-electron chi connectivity index (χ1n) is 25.8. The van der Waals surface area contributed by atoms with Gasteiger partial charge in [-0.1, -0.05) is 97.8 Å². The van der Waals surface area contributed by atoms with Gasteiger partial charge in [0, 0.05) is 183 Å². The first kappa shape index (κ1) is 82.7. The molecule has 0 saturated carbocycles. The zero-order valence-electron chi connectivity index (χ0n) is 49.7. The first-order valence-corrected chi connectivity index (χ1v) is 25.8. The van der Waals surface area contributed by atoms with E-state index in [2.05, 4.69) is 72.2 Å². The van der Waals surface area contributed by atoms with E-state index >= 15 is 0 Å². The molecule has 5 aromatic heterocycles. The molecule has 0 N–H and O–H groups in total. The third-order valence-corrected chi connectivity index (χ3v) is 10.4. The van der Waals surface area contributed by atoms with Crippen molar-refractivity contribution in [1.82, 2.24) is 34.9 Å². The summed E-state index contributed by atoms with van der Waals surface area (Å²) in [5.41, 5.74) is 2.97. The maximum absolute atomic E-state index is 5.43. The summed E-state index contributed by atoms with van der Waals surface area (Å²) in [5, 5.41) is 8.14. The quantitative estimate of drug-likeness (QED) is 0.131. The molecule has 10 heterocycles. The largest absolute Gasteiger partial charge is 0.494 e. The van der Waals surface area contributed by atoms with E-state index in [1.54, 1.807) is 31.0 Å². The van der Waals surface area contributed by atoms with Crippen molar-refractivity contribution in [3.05, 3.63) is 179 Å². The van der Waals surface area contributed by atoms with Gasteiger partial charge in [0.2, 0.25) is 27.2 Å². The molecular weight excluding hydrogens is 1470 g/mol. The Morgan fingerprint density at radius 2 is 0.698 bits per heavy atom. The molecule has 0 spiro atoms. The molecule has 15 rings (SSSR count). The van der Waals surface area contributed by atoms with Crippen LogP contribution in [0.5, 0.6) is 51.7 Å². The Hall–Kier alpha value is -3.27. The smallest absolute Gasteiger partial charge is 0.231 e. The van der Waals surface area contributed by atoms with Crippen molar-refractivity contribution in [2.75, 3.05) is 33.8 Å². The Morgan fingerprint density at radius 3 is 1.13 bits per heavy atom. The Kier molecular flexibility index (Phi) is 45.0. The second kappa shape index (κ2) is 46.8. The van der Waals surface area contributed by atoms with Crippen LogP contribution in [0.25, 0.3) is 54.1 Å². The van der Waals surface area contributed by atoms with Crippen molar-refractivity contribution in [3.8, 4) is 51.7 Å². The van der Waals surface area contributed by atoms with Crippen LogP contribution in [0.4, 0.5) is 0 Å². The van der Waals surface area contributed by atoms with Crippen molar-refractivity contribution >= 4 is 54.1 Å². The number of hydrogen-bond donors (Lipinski definition) is 0. The topological polar surface area (TPSA) is 173 Å². The maximum atomic E-state index is 5.43. The molecule has 0 saturated heterocycles. The van der Waals surface area contributed by atoms with Crippen LogP contribution in [0.1, 0.15) is 82.2 Å². The summed E-state index contributed by atoms with van der Waals surface area (Å²) >= 11 is 0. The van der Waals surface area contributed by atoms with E-state index in [4.69, 9.17) is 42.6 Å². The van der Waals surface area contributed by atoms with Crippen LogP contribution in [0, 0.1) is 63.3 Å². The molecular formula is C65H69N7O9Y5-10. The van der Waals surface area contributed by atoms with E-state index in [-0.39, 0.29) is 178 Å². The van der Waals surface area contributed by atoms with Gasteiger partial charge in [-0.25, -0.2) is 0 Å². The number of ether oxygens (including phenoxy) is 9. The fourth-order valence-electron chi connectivity index (χ4n) is 7.20. The predicted molar refractivity (Wildman–Crippen MR) is 317 cm³/mol. The monoisotopic (exact) mass is 1540 g/mol. The van der Waals surface area contributed by atoms with Gasteiger partial charge < -0.3 is 110 Å². The minimum Gasteiger partial charge on any atom is -0.494 e. The molecule has 5 aliphatic rings. The standard InChI is InChI=1S/C10H7N2O.3C10H6NO2.C9H5N2O2.5C3H7.CH4.5Y/c1-2-13-10-4-9-8(3-7(1)10)5-11-6-12-9;3*1-2-11-5-8-4-10-9(3-7(1)8)12-6-13-10;1-6-3-10-4-11-7(6)2-9-8(1)12-5-13-9;5*1-3-2;;;;;;/h3-5H,1-2H2;1,3-5H,6H2;2*1-4H,6H2;1-3H,5H2;5*3H,1-2H3;1H4;;;;;/q10*-1;;;;;;. The van der Waals surface area contributed by atoms with Crippen LogP contribution in [0.3, 0.4) is 0 Å². The van der Waals surface area contributed by atoms with Gasteiger partial charge in [0.15, 0.2) is 23.0 Å². The summed E-state index contributed by atoms with van der Waals surface area (Å²) in [5.74, 6) is 7.18. The molecule has 0 amide bonds. The van der Waals surface area contributed by atoms with E-state index in [9.17, 15) is 0 Å². The summed E-state index contributed by atoms with van der Waals surface area (Å²) in [7, 11) is 0. The van der Waals surface area contributed by atoms with Crippen LogP contribution in [0.2, 0.25) is 0 Å². The van der Waals surface area contributed by atoms with Crippen LogP contribution in [0.15, 0.2) is 110 Å². The van der Waals surface area contributed by atoms with Crippen LogP contribution in [-0.2, 0) is 170 Å². The molecule has 21 heteroatoms. The van der Waals surface area contributed by atoms with Crippen molar-refractivity contribution in [2.45, 2.75) is 83.1 Å². The summed E-state index contributed by atoms with van der Waals surface area (Å²) in [6.45, 7) is 22.0. The molecule has 0 aliphatic carbocycles. The van der Waals surface area contributed by atoms with Crippen molar-refractivity contribution < 1.29 is 206 Å². The second-order valence-electron chi connectivity index (χ2n) is 17.3. The third-order valence-electron chi connectivity index (χ3n) is 10.4. The van der Waals surface area contributed by atoms with Gasteiger partial charge in [-0.2, -0.15) is 75.3 Å². The van der Waals surface area contributed by atoms with Crippen molar-refractivity contribution in [1.29, 1.82) is 0 Å². The number of pyridine rings is 3. The van der Waals surface area contributed by atoms with Crippen LogP contribution < -0.4 is 42.6 Å². The number of nitrogens with zero attached hydrogens (tertiary/aromatic N) is 7. The molecule has 10 aromatic rings. The minimum atomic E-state index is 0. The number of fused-ring (bicyclic) bond motifs is 10. The Morgan fingerprint density at radius 1 is 0.360 bits per heavy atom. The molecule has 5 aliphatic heterocycles. The van der Waals surface area contributed by atoms with Crippen molar-refractivity contribution in [2.24, 2.45) is 0 Å². The normalized spacial score (nSPS) is 11.4. The Labute approximate surface area is 634 Å². The number of hydrogen-bond acceptors (Lipinski definition) is 16. The molecule has 0 unspecified atom stereocenters. The van der Waals surface area contributed by atoms with E-state index < -0.39 is 0 Å². The summed E-state index contributed by atoms with van der Waals surface area (Å²) in [4.78, 5) is 27.4. The summed E-state index contributed by atoms with van der Waals surface area (Å²) in [6, 6.07) is 25.0. The van der Waals surface area contributed by atoms with Crippen LogP contribution in [-0.4, -0.2) is 68.7 Å². The average molecular weight is 1540 g/mol. The van der Waals surface area contributed by atoms with Gasteiger partial charge in [-0.15, -0.1) is 44.5 Å². The number of rotatable bonds is 0. The van der Waals surface area contributed by atoms with Gasteiger partial charge in [-0.3, -0.25) is 0 Å². The first-order chi connectivity index (χ1) is 39.2. The Bertz CT molecular complexity index is 2760. The van der Waals surface area contributed by atoms with Crippen molar-refractivity contribution in [3.63, 3.8) is 0 Å². The Balaban J connectivity index is 0.000000976. The van der Waals surface area contributed by atoms with E-state index in [1.807, 2.05) is 174 Å². The molecule has 16 nitrogen and oxygen atoms in total. The maximum Gasteiger partial charge on any atom is 0.231 e. The molecule has 0 bridgehead atoms. The predicted octanol–water partition coefficient (Wildman–Crippen LogP) is 14.6. The minimum absolute atomic E-state index is 0. The molecule has 0 fully saturated rings. The van der Waals surface area contributed by atoms with Gasteiger partial charge in [-0.05, 0) is 47.2 Å². The van der Waals surface area contributed by atoms with E-state index in [0.29, 0.717) is 20.4 Å². The molecule has 5 aromatic carbocycles. The molecule has 5 radical (unpaired) electrons. The zero-order valence-corrected chi connectivity index (χ0v) is 63.9. The van der Waals surface area contributed by atoms with E-state index in [0.717, 1.165) is 119 Å². The fourth-order valence-corrected chi connectivity index (χ4v) is 7.20. The summed E-state index contributed by atoms with van der Waals surface area (Å²) in [6.07, 6.45) is 33.3. The van der Waals surface area contributed by atoms with Gasteiger partial charge in [0.05, 0.1) is 6.61 Å². The van der Waals surface area contributed by atoms with Gasteiger partial charge in [0.1, 0.15) is 28.7 Å². The number of benzene rings is 5. The summed E-state index contributed by atoms with van der Waals surface area (Å²) < 4.78 is 47.3. The third kappa shape index (κ3) is 25.5. The second-order valence-corrected chi connectivity index (χ2v) is 17.3. The SMILES string of the molecule is C.C[CH-]C.C[CH-]C.C[CH-]C.C[CH-]C.C[CH-]C.[Y].[Y].[Y].[Y].[Y].[c-]1cc2cc3c(cc2cn1)OCO3.[c-]1ncc2cc3c(cc2n1)OCC3.[c-]1ncc2cc3c(cc2n1)OCO3.[c-]1nccc2cc3c(cc12)OCO3.[c-]1nccc2cc3c(cc12)OCO3. The van der Waals surface area contributed by atoms with Crippen LogP contribution >= 0.6 is 0 Å². The van der Waals surface area contributed by atoms with Gasteiger partial charge >= 0.3 is 0 Å². The van der Waals surface area contributed by atoms with Gasteiger partial charge in [0.25, 0.3) is 0 Å². The molecule has 0 atom stereocenters.